The van der Waals surface area contributed by atoms with E-state index in [9.17, 15) is 0 Å². The molecule has 2 rings (SSSR count). The summed E-state index contributed by atoms with van der Waals surface area (Å²) in [6, 6.07) is 4.79. The minimum absolute atomic E-state index is 0.610. The van der Waals surface area contributed by atoms with Gasteiger partial charge < -0.3 is 5.21 Å². The van der Waals surface area contributed by atoms with E-state index in [0.29, 0.717) is 6.04 Å². The Bertz CT molecular complexity index is 292. The van der Waals surface area contributed by atoms with Gasteiger partial charge in [0.15, 0.2) is 5.34 Å². The van der Waals surface area contributed by atoms with Gasteiger partial charge in [-0.2, -0.15) is 0 Å². The number of nitrogens with zero attached hydrogens (tertiary/aromatic N) is 3. The molecule has 1 aromatic rings. The summed E-state index contributed by atoms with van der Waals surface area (Å²) in [6.07, 6.45) is 6.41. The van der Waals surface area contributed by atoms with Crippen LogP contribution < -0.4 is 0 Å². The molecule has 82 valence electrons. The monoisotopic (exact) mass is 209 g/mol. The quantitative estimate of drug-likeness (QED) is 0.567. The lowest BCUT2D eigenvalue weighted by Crippen LogP contribution is -2.17. The molecule has 0 amide bonds. The van der Waals surface area contributed by atoms with Crippen molar-refractivity contribution in [3.63, 3.8) is 0 Å². The molecule has 0 radical (unpaired) electrons. The lowest BCUT2D eigenvalue weighted by atomic mass is 10.1. The van der Waals surface area contributed by atoms with E-state index in [-0.39, 0.29) is 0 Å². The topological polar surface area (TPSA) is 65.8 Å². The van der Waals surface area contributed by atoms with Crippen molar-refractivity contribution in [2.75, 3.05) is 13.6 Å². The maximum Gasteiger partial charge on any atom is 0.152 e. The Kier molecular flexibility index (Phi) is 4.70. The Morgan fingerprint density at radius 3 is 2.87 bits per heavy atom. The van der Waals surface area contributed by atoms with E-state index >= 15 is 0 Å². The summed E-state index contributed by atoms with van der Waals surface area (Å²) < 4.78 is 0. The van der Waals surface area contributed by atoms with Crippen molar-refractivity contribution in [1.82, 2.24) is 9.88 Å². The number of aromatic nitrogens is 1. The molecular formula is C10H15N3O2. The van der Waals surface area contributed by atoms with Crippen molar-refractivity contribution in [2.24, 2.45) is 5.34 Å². The number of likely N-dealkylation sites (tertiary alicyclic amines) is 1. The van der Waals surface area contributed by atoms with Crippen LogP contribution in [0.5, 0.6) is 0 Å². The van der Waals surface area contributed by atoms with Gasteiger partial charge in [-0.05, 0) is 38.1 Å². The van der Waals surface area contributed by atoms with Crippen LogP contribution in [-0.2, 0) is 0 Å². The van der Waals surface area contributed by atoms with Crippen LogP contribution in [0.15, 0.2) is 29.9 Å². The molecular weight excluding hydrogens is 194 g/mol. The van der Waals surface area contributed by atoms with E-state index in [2.05, 4.69) is 23.0 Å². The molecule has 5 heteroatoms. The summed E-state index contributed by atoms with van der Waals surface area (Å²) in [5, 5.41) is 7.89. The molecule has 0 aromatic carbocycles. The van der Waals surface area contributed by atoms with Gasteiger partial charge in [0.2, 0.25) is 0 Å². The highest BCUT2D eigenvalue weighted by atomic mass is 16.6. The third-order valence-corrected chi connectivity index (χ3v) is 2.59. The molecule has 0 bridgehead atoms. The first-order valence-electron chi connectivity index (χ1n) is 4.86. The van der Waals surface area contributed by atoms with Crippen LogP contribution >= 0.6 is 0 Å². The van der Waals surface area contributed by atoms with Crippen LogP contribution in [0.2, 0.25) is 0 Å². The second kappa shape index (κ2) is 6.08. The van der Waals surface area contributed by atoms with Crippen LogP contribution in [0.25, 0.3) is 0 Å². The van der Waals surface area contributed by atoms with Gasteiger partial charge in [-0.3, -0.25) is 9.88 Å². The standard InChI is InChI=1S/C10H14N2.HNO2/c1-12-7-3-5-10(12)9-4-2-6-11-8-9;2-1-3/h2,4,6,8,10H,3,5,7H2,1H3;(H,2,3). The van der Waals surface area contributed by atoms with Gasteiger partial charge in [0.25, 0.3) is 0 Å². The predicted molar refractivity (Wildman–Crippen MR) is 56.4 cm³/mol. The summed E-state index contributed by atoms with van der Waals surface area (Å²) in [4.78, 5) is 14.6. The average molecular weight is 209 g/mol. The molecule has 1 saturated heterocycles. The Balaban J connectivity index is 0.000000337. The van der Waals surface area contributed by atoms with E-state index in [1.807, 2.05) is 18.5 Å². The average Bonchev–Trinajstić information content (AvgIpc) is 2.67. The Morgan fingerprint density at radius 1 is 1.67 bits per heavy atom. The largest absolute Gasteiger partial charge is 0.379 e. The van der Waals surface area contributed by atoms with Crippen molar-refractivity contribution in [2.45, 2.75) is 18.9 Å². The maximum absolute atomic E-state index is 8.11. The zero-order chi connectivity index (χ0) is 11.1. The molecule has 1 aliphatic heterocycles. The molecule has 1 aliphatic rings. The highest BCUT2D eigenvalue weighted by molar-refractivity contribution is 5.14. The van der Waals surface area contributed by atoms with Gasteiger partial charge in [0, 0.05) is 18.4 Å². The second-order valence-corrected chi connectivity index (χ2v) is 3.51. The van der Waals surface area contributed by atoms with Crippen molar-refractivity contribution in [1.29, 1.82) is 0 Å². The summed E-state index contributed by atoms with van der Waals surface area (Å²) in [7, 11) is 2.19. The SMILES string of the molecule is CN1CCCC1c1cccnc1.O=NO. The van der Waals surface area contributed by atoms with Crippen LogP contribution in [0.4, 0.5) is 0 Å². The van der Waals surface area contributed by atoms with Gasteiger partial charge in [-0.1, -0.05) is 6.07 Å². The zero-order valence-electron chi connectivity index (χ0n) is 8.71. The minimum atomic E-state index is 0.610. The molecule has 15 heavy (non-hydrogen) atoms. The van der Waals surface area contributed by atoms with Crippen molar-refractivity contribution in [3.8, 4) is 0 Å². The zero-order valence-corrected chi connectivity index (χ0v) is 8.71. The van der Waals surface area contributed by atoms with Crippen molar-refractivity contribution >= 4 is 0 Å². The van der Waals surface area contributed by atoms with Crippen molar-refractivity contribution in [3.05, 3.63) is 35.0 Å². The van der Waals surface area contributed by atoms with Gasteiger partial charge >= 0.3 is 0 Å². The second-order valence-electron chi connectivity index (χ2n) is 3.51. The summed E-state index contributed by atoms with van der Waals surface area (Å²) >= 11 is 0. The number of hydrogen-bond donors (Lipinski definition) is 1. The first-order chi connectivity index (χ1) is 7.29. The van der Waals surface area contributed by atoms with Gasteiger partial charge in [0.1, 0.15) is 0 Å². The molecule has 1 fully saturated rings. The molecule has 1 N–H and O–H groups in total. The molecule has 1 unspecified atom stereocenters. The molecule has 0 saturated carbocycles. The van der Waals surface area contributed by atoms with E-state index in [1.54, 1.807) is 0 Å². The van der Waals surface area contributed by atoms with Crippen LogP contribution in [0, 0.1) is 4.91 Å². The highest BCUT2D eigenvalue weighted by Crippen LogP contribution is 2.29. The molecule has 0 aliphatic carbocycles. The third kappa shape index (κ3) is 3.28. The lowest BCUT2D eigenvalue weighted by Gasteiger charge is -2.18. The Labute approximate surface area is 88.7 Å². The van der Waals surface area contributed by atoms with Gasteiger partial charge in [-0.15, -0.1) is 4.91 Å². The summed E-state index contributed by atoms with van der Waals surface area (Å²) in [6.45, 7) is 1.22. The van der Waals surface area contributed by atoms with Crippen LogP contribution in [-0.4, -0.2) is 28.7 Å². The van der Waals surface area contributed by atoms with E-state index in [1.165, 1.54) is 30.3 Å². The van der Waals surface area contributed by atoms with Crippen molar-refractivity contribution < 1.29 is 5.21 Å². The fourth-order valence-corrected chi connectivity index (χ4v) is 1.90. The molecule has 1 aromatic heterocycles. The molecule has 1 atom stereocenters. The van der Waals surface area contributed by atoms with E-state index < -0.39 is 0 Å². The summed E-state index contributed by atoms with van der Waals surface area (Å²) in [5.41, 5.74) is 1.36. The van der Waals surface area contributed by atoms with Crippen LogP contribution in [0.1, 0.15) is 24.4 Å². The first-order valence-corrected chi connectivity index (χ1v) is 4.86. The van der Waals surface area contributed by atoms with Crippen LogP contribution in [0.3, 0.4) is 0 Å². The fourth-order valence-electron chi connectivity index (χ4n) is 1.90. The lowest BCUT2D eigenvalue weighted by molar-refractivity contribution is 0.312. The molecule has 5 nitrogen and oxygen atoms in total. The maximum atomic E-state index is 8.11. The number of hydrogen-bond acceptors (Lipinski definition) is 4. The predicted octanol–water partition coefficient (Wildman–Crippen LogP) is 1.99. The first kappa shape index (κ1) is 11.6. The molecule has 2 heterocycles. The third-order valence-electron chi connectivity index (χ3n) is 2.59. The van der Waals surface area contributed by atoms with E-state index in [0.717, 1.165) is 0 Å². The normalized spacial score (nSPS) is 20.5. The minimum Gasteiger partial charge on any atom is -0.379 e. The Hall–Kier alpha value is -1.49. The van der Waals surface area contributed by atoms with Gasteiger partial charge in [0.05, 0.1) is 0 Å². The van der Waals surface area contributed by atoms with Gasteiger partial charge in [-0.25, -0.2) is 0 Å². The molecule has 0 spiro atoms. The summed E-state index contributed by atoms with van der Waals surface area (Å²) in [5.74, 6) is 0. The smallest absolute Gasteiger partial charge is 0.152 e. The Morgan fingerprint density at radius 2 is 2.40 bits per heavy atom. The number of pyridine rings is 1. The fraction of sp³-hybridized carbons (Fsp3) is 0.500. The number of rotatable bonds is 1. The van der Waals surface area contributed by atoms with E-state index in [4.69, 9.17) is 10.1 Å². The highest BCUT2D eigenvalue weighted by Gasteiger charge is 2.21.